The van der Waals surface area contributed by atoms with E-state index < -0.39 is 0 Å². The van der Waals surface area contributed by atoms with E-state index in [1.807, 2.05) is 0 Å². The van der Waals surface area contributed by atoms with E-state index in [0.717, 1.165) is 25.9 Å². The molecule has 1 saturated heterocycles. The molecule has 0 aromatic rings. The molecule has 1 saturated carbocycles. The van der Waals surface area contributed by atoms with E-state index in [-0.39, 0.29) is 6.29 Å². The monoisotopic (exact) mass is 242 g/mol. The van der Waals surface area contributed by atoms with Crippen molar-refractivity contribution < 1.29 is 14.6 Å². The number of aliphatic hydroxyl groups is 1. The van der Waals surface area contributed by atoms with Gasteiger partial charge in [0, 0.05) is 13.2 Å². The van der Waals surface area contributed by atoms with Crippen LogP contribution in [0.15, 0.2) is 0 Å². The predicted octanol–water partition coefficient (Wildman–Crippen LogP) is 2.86. The molecular formula is C14H26O3. The molecule has 0 spiro atoms. The SMILES string of the molecule is OCCC[C@H]1CCCC[C@H]1OC1CCCCO1. The van der Waals surface area contributed by atoms with Crippen LogP contribution in [0.4, 0.5) is 0 Å². The van der Waals surface area contributed by atoms with E-state index in [0.29, 0.717) is 18.6 Å². The molecule has 3 heteroatoms. The van der Waals surface area contributed by atoms with Gasteiger partial charge in [0.2, 0.25) is 0 Å². The van der Waals surface area contributed by atoms with Gasteiger partial charge in [-0.2, -0.15) is 0 Å². The van der Waals surface area contributed by atoms with Gasteiger partial charge in [0.15, 0.2) is 6.29 Å². The lowest BCUT2D eigenvalue weighted by Gasteiger charge is -2.35. The molecule has 0 amide bonds. The molecule has 2 rings (SSSR count). The van der Waals surface area contributed by atoms with Gasteiger partial charge < -0.3 is 14.6 Å². The normalized spacial score (nSPS) is 34.8. The Labute approximate surface area is 104 Å². The smallest absolute Gasteiger partial charge is 0.157 e. The highest BCUT2D eigenvalue weighted by molar-refractivity contribution is 4.77. The Hall–Kier alpha value is -0.120. The van der Waals surface area contributed by atoms with Crippen molar-refractivity contribution in [3.63, 3.8) is 0 Å². The number of hydrogen-bond acceptors (Lipinski definition) is 3. The zero-order valence-corrected chi connectivity index (χ0v) is 10.8. The van der Waals surface area contributed by atoms with Crippen molar-refractivity contribution in [3.8, 4) is 0 Å². The fourth-order valence-electron chi connectivity index (χ4n) is 3.05. The van der Waals surface area contributed by atoms with Gasteiger partial charge in [0.1, 0.15) is 0 Å². The third-order valence-electron chi connectivity index (χ3n) is 4.04. The first-order chi connectivity index (χ1) is 8.40. The van der Waals surface area contributed by atoms with E-state index in [9.17, 15) is 0 Å². The lowest BCUT2D eigenvalue weighted by atomic mass is 9.83. The zero-order chi connectivity index (χ0) is 11.9. The van der Waals surface area contributed by atoms with Crippen LogP contribution in [0.5, 0.6) is 0 Å². The molecule has 1 aliphatic carbocycles. The minimum Gasteiger partial charge on any atom is -0.396 e. The summed E-state index contributed by atoms with van der Waals surface area (Å²) in [7, 11) is 0. The van der Waals surface area contributed by atoms with Crippen molar-refractivity contribution >= 4 is 0 Å². The molecule has 3 nitrogen and oxygen atoms in total. The van der Waals surface area contributed by atoms with E-state index in [2.05, 4.69) is 0 Å². The first kappa shape index (κ1) is 13.3. The van der Waals surface area contributed by atoms with Gasteiger partial charge in [-0.25, -0.2) is 0 Å². The molecule has 0 bridgehead atoms. The van der Waals surface area contributed by atoms with Gasteiger partial charge in [-0.1, -0.05) is 12.8 Å². The van der Waals surface area contributed by atoms with Crippen molar-refractivity contribution in [2.24, 2.45) is 5.92 Å². The Morgan fingerprint density at radius 1 is 1.06 bits per heavy atom. The molecule has 0 radical (unpaired) electrons. The second-order valence-electron chi connectivity index (χ2n) is 5.38. The molecule has 1 N–H and O–H groups in total. The molecule has 1 aliphatic heterocycles. The summed E-state index contributed by atoms with van der Waals surface area (Å²) in [6, 6.07) is 0. The summed E-state index contributed by atoms with van der Waals surface area (Å²) in [6.07, 6.45) is 11.0. The number of aliphatic hydroxyl groups excluding tert-OH is 1. The van der Waals surface area contributed by atoms with Crippen molar-refractivity contribution in [1.29, 1.82) is 0 Å². The average Bonchev–Trinajstić information content (AvgIpc) is 2.39. The third kappa shape index (κ3) is 4.23. The van der Waals surface area contributed by atoms with Crippen LogP contribution in [0.3, 0.4) is 0 Å². The Morgan fingerprint density at radius 3 is 2.65 bits per heavy atom. The van der Waals surface area contributed by atoms with Crippen molar-refractivity contribution in [2.75, 3.05) is 13.2 Å². The summed E-state index contributed by atoms with van der Waals surface area (Å²) in [5.41, 5.74) is 0. The van der Waals surface area contributed by atoms with Gasteiger partial charge in [0.05, 0.1) is 6.10 Å². The molecule has 3 atom stereocenters. The van der Waals surface area contributed by atoms with E-state index in [1.54, 1.807) is 0 Å². The molecular weight excluding hydrogens is 216 g/mol. The highest BCUT2D eigenvalue weighted by Crippen LogP contribution is 2.32. The molecule has 17 heavy (non-hydrogen) atoms. The first-order valence-electron chi connectivity index (χ1n) is 7.28. The number of rotatable bonds is 5. The minimum atomic E-state index is 0.0449. The lowest BCUT2D eigenvalue weighted by molar-refractivity contribution is -0.204. The molecule has 1 unspecified atom stereocenters. The van der Waals surface area contributed by atoms with Crippen LogP contribution < -0.4 is 0 Å². The second-order valence-corrected chi connectivity index (χ2v) is 5.38. The van der Waals surface area contributed by atoms with E-state index in [4.69, 9.17) is 14.6 Å². The maximum Gasteiger partial charge on any atom is 0.157 e. The van der Waals surface area contributed by atoms with Gasteiger partial charge in [-0.15, -0.1) is 0 Å². The number of hydrogen-bond donors (Lipinski definition) is 1. The van der Waals surface area contributed by atoms with Gasteiger partial charge in [0.25, 0.3) is 0 Å². The maximum atomic E-state index is 8.94. The first-order valence-corrected chi connectivity index (χ1v) is 7.28. The summed E-state index contributed by atoms with van der Waals surface area (Å²) >= 11 is 0. The van der Waals surface area contributed by atoms with Gasteiger partial charge >= 0.3 is 0 Å². The molecule has 100 valence electrons. The Morgan fingerprint density at radius 2 is 1.88 bits per heavy atom. The van der Waals surface area contributed by atoms with Gasteiger partial charge in [-0.05, 0) is 50.9 Å². The van der Waals surface area contributed by atoms with Crippen LogP contribution in [0, 0.1) is 5.92 Å². The van der Waals surface area contributed by atoms with Crippen LogP contribution >= 0.6 is 0 Å². The van der Waals surface area contributed by atoms with Crippen LogP contribution in [-0.4, -0.2) is 30.7 Å². The van der Waals surface area contributed by atoms with Gasteiger partial charge in [-0.3, -0.25) is 0 Å². The fraction of sp³-hybridized carbons (Fsp3) is 1.00. The quantitative estimate of drug-likeness (QED) is 0.805. The Kier molecular flexibility index (Phi) is 5.75. The van der Waals surface area contributed by atoms with E-state index >= 15 is 0 Å². The van der Waals surface area contributed by atoms with Crippen LogP contribution in [0.2, 0.25) is 0 Å². The Balaban J connectivity index is 1.78. The van der Waals surface area contributed by atoms with Crippen LogP contribution in [-0.2, 0) is 9.47 Å². The Bertz CT molecular complexity index is 202. The van der Waals surface area contributed by atoms with Crippen LogP contribution in [0.25, 0.3) is 0 Å². The summed E-state index contributed by atoms with van der Waals surface area (Å²) in [4.78, 5) is 0. The second kappa shape index (κ2) is 7.34. The van der Waals surface area contributed by atoms with E-state index in [1.165, 1.54) is 38.5 Å². The van der Waals surface area contributed by atoms with Crippen molar-refractivity contribution in [2.45, 2.75) is 70.2 Å². The molecule has 2 aliphatic rings. The summed E-state index contributed by atoms with van der Waals surface area (Å²) in [5, 5.41) is 8.94. The predicted molar refractivity (Wildman–Crippen MR) is 66.7 cm³/mol. The summed E-state index contributed by atoms with van der Waals surface area (Å²) in [6.45, 7) is 1.17. The maximum absolute atomic E-state index is 8.94. The average molecular weight is 242 g/mol. The topological polar surface area (TPSA) is 38.7 Å². The van der Waals surface area contributed by atoms with Crippen molar-refractivity contribution in [3.05, 3.63) is 0 Å². The summed E-state index contributed by atoms with van der Waals surface area (Å²) < 4.78 is 11.8. The lowest BCUT2D eigenvalue weighted by Crippen LogP contribution is -2.34. The fourth-order valence-corrected chi connectivity index (χ4v) is 3.05. The molecule has 2 fully saturated rings. The minimum absolute atomic E-state index is 0.0449. The standard InChI is InChI=1S/C14H26O3/c15-10-5-7-12-6-1-2-8-13(12)17-14-9-3-4-11-16-14/h12-15H,1-11H2/t12-,13-,14?/m1/s1. The highest BCUT2D eigenvalue weighted by atomic mass is 16.7. The molecule has 0 aromatic heterocycles. The number of ether oxygens (including phenoxy) is 2. The highest BCUT2D eigenvalue weighted by Gasteiger charge is 2.28. The third-order valence-corrected chi connectivity index (χ3v) is 4.04. The molecule has 1 heterocycles. The van der Waals surface area contributed by atoms with Crippen LogP contribution in [0.1, 0.15) is 57.8 Å². The zero-order valence-electron chi connectivity index (χ0n) is 10.8. The molecule has 0 aromatic carbocycles. The van der Waals surface area contributed by atoms with Crippen molar-refractivity contribution in [1.82, 2.24) is 0 Å². The summed E-state index contributed by atoms with van der Waals surface area (Å²) in [5.74, 6) is 0.640. The largest absolute Gasteiger partial charge is 0.396 e.